The number of nitrogens with zero attached hydrogens (tertiary/aromatic N) is 2. The molecular formula is C16H18N2O5S2. The van der Waals surface area contributed by atoms with E-state index in [4.69, 9.17) is 9.47 Å². The summed E-state index contributed by atoms with van der Waals surface area (Å²) in [6.07, 6.45) is 0. The predicted molar refractivity (Wildman–Crippen MR) is 96.7 cm³/mol. The van der Waals surface area contributed by atoms with Gasteiger partial charge in [-0.1, -0.05) is 23.1 Å². The molecule has 25 heavy (non-hydrogen) atoms. The lowest BCUT2D eigenvalue weighted by atomic mass is 10.3. The first-order valence-electron chi connectivity index (χ1n) is 7.48. The second-order valence-corrected chi connectivity index (χ2v) is 7.06. The zero-order chi connectivity index (χ0) is 18.4. The minimum Gasteiger partial charge on any atom is -0.497 e. The Bertz CT molecular complexity index is 869. The minimum absolute atomic E-state index is 0.0354. The molecule has 0 aliphatic carbocycles. The summed E-state index contributed by atoms with van der Waals surface area (Å²) in [6, 6.07) is 5.39. The number of rotatable bonds is 6. The van der Waals surface area contributed by atoms with Crippen molar-refractivity contribution in [3.8, 4) is 5.75 Å². The molecule has 2 rings (SSSR count). The van der Waals surface area contributed by atoms with Crippen molar-refractivity contribution in [3.63, 3.8) is 0 Å². The summed E-state index contributed by atoms with van der Waals surface area (Å²) >= 11 is 2.17. The highest BCUT2D eigenvalue weighted by Gasteiger charge is 2.13. The molecule has 0 unspecified atom stereocenters. The lowest BCUT2D eigenvalue weighted by Gasteiger charge is -2.05. The van der Waals surface area contributed by atoms with Crippen molar-refractivity contribution in [2.75, 3.05) is 19.5 Å². The molecular weight excluding hydrogens is 364 g/mol. The van der Waals surface area contributed by atoms with E-state index in [0.717, 1.165) is 22.0 Å². The maximum atomic E-state index is 12.0. The molecule has 0 fully saturated rings. The van der Waals surface area contributed by atoms with E-state index < -0.39 is 11.9 Å². The van der Waals surface area contributed by atoms with E-state index in [2.05, 4.69) is 4.99 Å². The molecule has 0 radical (unpaired) electrons. The molecule has 1 aromatic carbocycles. The fraction of sp³-hybridized carbons (Fsp3) is 0.375. The number of amides is 1. The molecule has 0 bridgehead atoms. The van der Waals surface area contributed by atoms with Gasteiger partial charge in [0.25, 0.3) is 5.91 Å². The van der Waals surface area contributed by atoms with Crippen molar-refractivity contribution < 1.29 is 23.9 Å². The van der Waals surface area contributed by atoms with Crippen LogP contribution in [0, 0.1) is 0 Å². The van der Waals surface area contributed by atoms with E-state index in [9.17, 15) is 14.4 Å². The first kappa shape index (κ1) is 19.2. The van der Waals surface area contributed by atoms with Crippen LogP contribution in [-0.2, 0) is 25.7 Å². The summed E-state index contributed by atoms with van der Waals surface area (Å²) in [7, 11) is 1.56. The van der Waals surface area contributed by atoms with Gasteiger partial charge in [-0.15, -0.1) is 0 Å². The smallest absolute Gasteiger partial charge is 0.326 e. The van der Waals surface area contributed by atoms with Gasteiger partial charge >= 0.3 is 5.97 Å². The maximum Gasteiger partial charge on any atom is 0.326 e. The van der Waals surface area contributed by atoms with Crippen molar-refractivity contribution in [1.82, 2.24) is 4.57 Å². The summed E-state index contributed by atoms with van der Waals surface area (Å²) in [5, 5.41) is -0.149. The normalized spacial score (nSPS) is 11.6. The summed E-state index contributed by atoms with van der Waals surface area (Å²) in [5.41, 5.74) is 0.754. The van der Waals surface area contributed by atoms with Crippen LogP contribution in [0.15, 0.2) is 23.2 Å². The fourth-order valence-corrected chi connectivity index (χ4v) is 3.52. The van der Waals surface area contributed by atoms with Crippen molar-refractivity contribution in [2.45, 2.75) is 20.4 Å². The molecule has 0 aliphatic rings. The Morgan fingerprint density at radius 1 is 1.32 bits per heavy atom. The van der Waals surface area contributed by atoms with Crippen molar-refractivity contribution in [1.29, 1.82) is 0 Å². The third kappa shape index (κ3) is 5.17. The summed E-state index contributed by atoms with van der Waals surface area (Å²) in [6.45, 7) is 3.35. The number of methoxy groups -OCH3 is 1. The molecule has 2 aromatic rings. The van der Waals surface area contributed by atoms with E-state index in [1.54, 1.807) is 30.7 Å². The Morgan fingerprint density at radius 2 is 2.08 bits per heavy atom. The highest BCUT2D eigenvalue weighted by atomic mass is 32.2. The molecule has 0 saturated heterocycles. The molecule has 1 heterocycles. The van der Waals surface area contributed by atoms with Crippen molar-refractivity contribution in [3.05, 3.63) is 23.0 Å². The highest BCUT2D eigenvalue weighted by Crippen LogP contribution is 2.23. The van der Waals surface area contributed by atoms with Crippen LogP contribution in [0.25, 0.3) is 10.2 Å². The molecule has 1 amide bonds. The lowest BCUT2D eigenvalue weighted by molar-refractivity contribution is -0.143. The van der Waals surface area contributed by atoms with Crippen molar-refractivity contribution >= 4 is 50.3 Å². The van der Waals surface area contributed by atoms with Gasteiger partial charge in [0.05, 0.1) is 29.7 Å². The SMILES string of the molecule is CCOC(=O)Cn1c(=NC(=O)CSC(C)=O)sc2cc(OC)ccc21. The fourth-order valence-electron chi connectivity index (χ4n) is 2.06. The van der Waals surface area contributed by atoms with Crippen LogP contribution < -0.4 is 9.54 Å². The van der Waals surface area contributed by atoms with Crippen LogP contribution in [0.4, 0.5) is 0 Å². The second-order valence-electron chi connectivity index (χ2n) is 4.90. The number of carbonyl (C=O) groups excluding carboxylic acids is 3. The maximum absolute atomic E-state index is 12.0. The van der Waals surface area contributed by atoms with Gasteiger partial charge in [0.15, 0.2) is 9.92 Å². The van der Waals surface area contributed by atoms with E-state index >= 15 is 0 Å². The first-order valence-corrected chi connectivity index (χ1v) is 9.28. The largest absolute Gasteiger partial charge is 0.497 e. The Hall–Kier alpha value is -2.13. The summed E-state index contributed by atoms with van der Waals surface area (Å²) in [5.74, 6) is -0.213. The first-order chi connectivity index (χ1) is 11.9. The van der Waals surface area contributed by atoms with Crippen molar-refractivity contribution in [2.24, 2.45) is 4.99 Å². The Kier molecular flexibility index (Phi) is 6.77. The molecule has 0 N–H and O–H groups in total. The molecule has 0 aliphatic heterocycles. The number of carbonyl (C=O) groups is 3. The van der Waals surface area contributed by atoms with Gasteiger partial charge in [-0.25, -0.2) is 0 Å². The van der Waals surface area contributed by atoms with Gasteiger partial charge in [0.2, 0.25) is 0 Å². The van der Waals surface area contributed by atoms with Gasteiger partial charge in [-0.2, -0.15) is 4.99 Å². The number of esters is 1. The molecule has 9 heteroatoms. The second kappa shape index (κ2) is 8.82. The summed E-state index contributed by atoms with van der Waals surface area (Å²) < 4.78 is 12.7. The number of aromatic nitrogens is 1. The molecule has 134 valence electrons. The predicted octanol–water partition coefficient (Wildman–Crippen LogP) is 1.98. The van der Waals surface area contributed by atoms with Gasteiger partial charge in [0, 0.05) is 6.92 Å². The van der Waals surface area contributed by atoms with Crippen LogP contribution in [0.5, 0.6) is 5.75 Å². The third-order valence-electron chi connectivity index (χ3n) is 3.10. The number of thioether (sulfide) groups is 1. The van der Waals surface area contributed by atoms with E-state index in [-0.39, 0.29) is 24.0 Å². The number of fused-ring (bicyclic) bond motifs is 1. The molecule has 0 atom stereocenters. The van der Waals surface area contributed by atoms with Gasteiger partial charge in [-0.05, 0) is 25.1 Å². The highest BCUT2D eigenvalue weighted by molar-refractivity contribution is 8.14. The minimum atomic E-state index is -0.434. The van der Waals surface area contributed by atoms with Crippen LogP contribution in [-0.4, -0.2) is 41.0 Å². The number of ether oxygens (including phenoxy) is 2. The van der Waals surface area contributed by atoms with Crippen LogP contribution in [0.1, 0.15) is 13.8 Å². The van der Waals surface area contributed by atoms with E-state index in [0.29, 0.717) is 10.6 Å². The van der Waals surface area contributed by atoms with Gasteiger partial charge < -0.3 is 14.0 Å². The molecule has 7 nitrogen and oxygen atoms in total. The third-order valence-corrected chi connectivity index (χ3v) is 4.94. The Labute approximate surface area is 152 Å². The number of hydrogen-bond acceptors (Lipinski definition) is 7. The Balaban J connectivity index is 2.46. The standard InChI is InChI=1S/C16H18N2O5S2/c1-4-23-15(21)8-18-12-6-5-11(22-3)7-13(12)25-16(18)17-14(20)9-24-10(2)19/h5-7H,4,8-9H2,1-3H3. The quantitative estimate of drug-likeness (QED) is 0.710. The Morgan fingerprint density at radius 3 is 2.72 bits per heavy atom. The van der Waals surface area contributed by atoms with Gasteiger partial charge in [-0.3, -0.25) is 14.4 Å². The summed E-state index contributed by atoms with van der Waals surface area (Å²) in [4.78, 5) is 39.3. The van der Waals surface area contributed by atoms with Crippen LogP contribution in [0.3, 0.4) is 0 Å². The monoisotopic (exact) mass is 382 g/mol. The average Bonchev–Trinajstić information content (AvgIpc) is 2.89. The lowest BCUT2D eigenvalue weighted by Crippen LogP contribution is -2.23. The molecule has 1 aromatic heterocycles. The zero-order valence-electron chi connectivity index (χ0n) is 14.1. The topological polar surface area (TPSA) is 87.0 Å². The van der Waals surface area contributed by atoms with Crippen LogP contribution in [0.2, 0.25) is 0 Å². The van der Waals surface area contributed by atoms with Gasteiger partial charge in [0.1, 0.15) is 12.3 Å². The molecule has 0 saturated carbocycles. The number of benzene rings is 1. The van der Waals surface area contributed by atoms with E-state index in [1.807, 2.05) is 6.07 Å². The number of thiazole rings is 1. The zero-order valence-corrected chi connectivity index (χ0v) is 15.7. The molecule has 0 spiro atoms. The van der Waals surface area contributed by atoms with Crippen LogP contribution >= 0.6 is 23.1 Å². The number of hydrogen-bond donors (Lipinski definition) is 0. The van der Waals surface area contributed by atoms with E-state index in [1.165, 1.54) is 18.3 Å². The average molecular weight is 382 g/mol.